The third kappa shape index (κ3) is 2.73. The average Bonchev–Trinajstić information content (AvgIpc) is 2.15. The summed E-state index contributed by atoms with van der Waals surface area (Å²) in [5.41, 5.74) is -0.596. The molecule has 0 unspecified atom stereocenters. The van der Waals surface area contributed by atoms with Crippen LogP contribution in [0.1, 0.15) is 22.8 Å². The van der Waals surface area contributed by atoms with Gasteiger partial charge in [-0.2, -0.15) is 5.26 Å². The molecule has 0 N–H and O–H groups in total. The Balaban J connectivity index is 3.32. The quantitative estimate of drug-likeness (QED) is 0.732. The smallest absolute Gasteiger partial charge is 0.404 e. The third-order valence-corrected chi connectivity index (χ3v) is 1.73. The SMILES string of the molecule is CC(=O)c1cccc(C#N)c1OC(F)(F)F. The minimum atomic E-state index is -4.93. The van der Waals surface area contributed by atoms with Crippen LogP contribution in [-0.2, 0) is 0 Å². The lowest BCUT2D eigenvalue weighted by Crippen LogP contribution is -2.19. The first kappa shape index (κ1) is 12.0. The second-order valence-corrected chi connectivity index (χ2v) is 2.90. The molecule has 0 aliphatic heterocycles. The molecule has 0 fully saturated rings. The van der Waals surface area contributed by atoms with Crippen LogP contribution in [0.2, 0.25) is 0 Å². The van der Waals surface area contributed by atoms with Crippen LogP contribution in [0.4, 0.5) is 13.2 Å². The number of hydrogen-bond donors (Lipinski definition) is 0. The van der Waals surface area contributed by atoms with Gasteiger partial charge in [0, 0.05) is 0 Å². The lowest BCUT2D eigenvalue weighted by Gasteiger charge is -2.12. The van der Waals surface area contributed by atoms with E-state index < -0.39 is 17.9 Å². The minimum absolute atomic E-state index is 0.267. The maximum Gasteiger partial charge on any atom is 0.573 e. The Hall–Kier alpha value is -2.03. The number of alkyl halides is 3. The van der Waals surface area contributed by atoms with Crippen molar-refractivity contribution in [1.82, 2.24) is 0 Å². The summed E-state index contributed by atoms with van der Waals surface area (Å²) in [5.74, 6) is -1.35. The van der Waals surface area contributed by atoms with Crippen molar-refractivity contribution in [2.75, 3.05) is 0 Å². The van der Waals surface area contributed by atoms with Gasteiger partial charge in [0.2, 0.25) is 0 Å². The van der Waals surface area contributed by atoms with E-state index in [2.05, 4.69) is 4.74 Å². The molecule has 1 aromatic carbocycles. The van der Waals surface area contributed by atoms with Crippen molar-refractivity contribution in [1.29, 1.82) is 5.26 Å². The molecule has 0 saturated heterocycles. The van der Waals surface area contributed by atoms with Crippen LogP contribution >= 0.6 is 0 Å². The van der Waals surface area contributed by atoms with Gasteiger partial charge in [0.05, 0.1) is 11.1 Å². The first-order valence-electron chi connectivity index (χ1n) is 4.15. The zero-order chi connectivity index (χ0) is 12.3. The number of para-hydroxylation sites is 1. The van der Waals surface area contributed by atoms with E-state index in [0.29, 0.717) is 0 Å². The monoisotopic (exact) mass is 229 g/mol. The topological polar surface area (TPSA) is 50.1 Å². The van der Waals surface area contributed by atoms with Gasteiger partial charge in [-0.05, 0) is 19.1 Å². The van der Waals surface area contributed by atoms with Gasteiger partial charge in [0.25, 0.3) is 0 Å². The molecule has 16 heavy (non-hydrogen) atoms. The van der Waals surface area contributed by atoms with Gasteiger partial charge in [0.15, 0.2) is 11.5 Å². The molecule has 1 aromatic rings. The molecular formula is C10H6F3NO2. The molecule has 0 aromatic heterocycles. The number of rotatable bonds is 2. The second-order valence-electron chi connectivity index (χ2n) is 2.90. The molecule has 84 valence electrons. The average molecular weight is 229 g/mol. The molecule has 0 aliphatic rings. The maximum atomic E-state index is 12.1. The number of ketones is 1. The number of hydrogen-bond acceptors (Lipinski definition) is 3. The number of Topliss-reactive ketones (excluding diaryl/α,β-unsaturated/α-hetero) is 1. The van der Waals surface area contributed by atoms with Crippen molar-refractivity contribution < 1.29 is 22.7 Å². The number of ether oxygens (including phenoxy) is 1. The highest BCUT2D eigenvalue weighted by molar-refractivity contribution is 5.97. The maximum absolute atomic E-state index is 12.1. The first-order valence-corrected chi connectivity index (χ1v) is 4.15. The van der Waals surface area contributed by atoms with E-state index in [9.17, 15) is 18.0 Å². The van der Waals surface area contributed by atoms with E-state index in [1.807, 2.05) is 0 Å². The molecule has 0 saturated carbocycles. The Bertz CT molecular complexity index is 460. The van der Waals surface area contributed by atoms with E-state index in [0.717, 1.165) is 13.0 Å². The number of benzene rings is 1. The molecule has 6 heteroatoms. The van der Waals surface area contributed by atoms with E-state index in [-0.39, 0.29) is 11.1 Å². The fourth-order valence-electron chi connectivity index (χ4n) is 1.13. The first-order chi connectivity index (χ1) is 7.35. The third-order valence-electron chi connectivity index (χ3n) is 1.73. The zero-order valence-corrected chi connectivity index (χ0v) is 8.13. The summed E-state index contributed by atoms with van der Waals surface area (Å²) in [6.07, 6.45) is -4.93. The van der Waals surface area contributed by atoms with Crippen molar-refractivity contribution in [3.63, 3.8) is 0 Å². The van der Waals surface area contributed by atoms with Gasteiger partial charge in [0.1, 0.15) is 6.07 Å². The van der Waals surface area contributed by atoms with Crippen molar-refractivity contribution in [3.8, 4) is 11.8 Å². The Morgan fingerprint density at radius 2 is 2.06 bits per heavy atom. The summed E-state index contributed by atoms with van der Waals surface area (Å²) in [6, 6.07) is 5.17. The molecule has 0 spiro atoms. The van der Waals surface area contributed by atoms with Crippen molar-refractivity contribution >= 4 is 5.78 Å². The molecular weight excluding hydrogens is 223 g/mol. The highest BCUT2D eigenvalue weighted by atomic mass is 19.4. The molecule has 1 rings (SSSR count). The predicted molar refractivity (Wildman–Crippen MR) is 47.8 cm³/mol. The number of carbonyl (C=O) groups excluding carboxylic acids is 1. The van der Waals surface area contributed by atoms with Gasteiger partial charge in [-0.15, -0.1) is 13.2 Å². The predicted octanol–water partition coefficient (Wildman–Crippen LogP) is 2.66. The van der Waals surface area contributed by atoms with E-state index in [1.54, 1.807) is 0 Å². The zero-order valence-electron chi connectivity index (χ0n) is 8.13. The van der Waals surface area contributed by atoms with E-state index >= 15 is 0 Å². The van der Waals surface area contributed by atoms with Crippen LogP contribution in [0.3, 0.4) is 0 Å². The second kappa shape index (κ2) is 4.23. The molecule has 0 aliphatic carbocycles. The van der Waals surface area contributed by atoms with E-state index in [4.69, 9.17) is 5.26 Å². The van der Waals surface area contributed by atoms with Gasteiger partial charge in [-0.25, -0.2) is 0 Å². The molecule has 0 heterocycles. The summed E-state index contributed by atoms with van der Waals surface area (Å²) < 4.78 is 39.8. The van der Waals surface area contributed by atoms with Crippen LogP contribution in [0.25, 0.3) is 0 Å². The molecule has 0 bridgehead atoms. The number of nitrogens with zero attached hydrogens (tertiary/aromatic N) is 1. The Labute approximate surface area is 89.1 Å². The minimum Gasteiger partial charge on any atom is -0.404 e. The summed E-state index contributed by atoms with van der Waals surface area (Å²) in [4.78, 5) is 11.1. The van der Waals surface area contributed by atoms with E-state index in [1.165, 1.54) is 18.2 Å². The Kier molecular flexibility index (Phi) is 3.18. The highest BCUT2D eigenvalue weighted by Crippen LogP contribution is 2.30. The summed E-state index contributed by atoms with van der Waals surface area (Å²) >= 11 is 0. The number of halogens is 3. The van der Waals surface area contributed by atoms with Crippen LogP contribution in [-0.4, -0.2) is 12.1 Å². The largest absolute Gasteiger partial charge is 0.573 e. The summed E-state index contributed by atoms with van der Waals surface area (Å²) in [6.45, 7) is 1.10. The van der Waals surface area contributed by atoms with Gasteiger partial charge in [-0.1, -0.05) is 6.07 Å². The summed E-state index contributed by atoms with van der Waals surface area (Å²) in [7, 11) is 0. The van der Waals surface area contributed by atoms with Gasteiger partial charge in [-0.3, -0.25) is 4.79 Å². The molecule has 0 amide bonds. The summed E-state index contributed by atoms with van der Waals surface area (Å²) in [5, 5.41) is 8.61. The van der Waals surface area contributed by atoms with Gasteiger partial charge < -0.3 is 4.74 Å². The van der Waals surface area contributed by atoms with Crippen LogP contribution in [0, 0.1) is 11.3 Å². The highest BCUT2D eigenvalue weighted by Gasteiger charge is 2.33. The fraction of sp³-hybridized carbons (Fsp3) is 0.200. The van der Waals surface area contributed by atoms with Crippen LogP contribution < -0.4 is 4.74 Å². The van der Waals surface area contributed by atoms with Gasteiger partial charge >= 0.3 is 6.36 Å². The van der Waals surface area contributed by atoms with Crippen molar-refractivity contribution in [3.05, 3.63) is 29.3 Å². The van der Waals surface area contributed by atoms with Crippen molar-refractivity contribution in [2.45, 2.75) is 13.3 Å². The standard InChI is InChI=1S/C10H6F3NO2/c1-6(15)8-4-2-3-7(5-14)9(8)16-10(11,12)13/h2-4H,1H3. The fourth-order valence-corrected chi connectivity index (χ4v) is 1.13. The van der Waals surface area contributed by atoms with Crippen molar-refractivity contribution in [2.24, 2.45) is 0 Å². The number of carbonyl (C=O) groups is 1. The Morgan fingerprint density at radius 3 is 2.50 bits per heavy atom. The number of nitriles is 1. The Morgan fingerprint density at radius 1 is 1.44 bits per heavy atom. The molecule has 3 nitrogen and oxygen atoms in total. The lowest BCUT2D eigenvalue weighted by atomic mass is 10.1. The normalized spacial score (nSPS) is 10.7. The molecule has 0 radical (unpaired) electrons. The van der Waals surface area contributed by atoms with Crippen LogP contribution in [0.5, 0.6) is 5.75 Å². The molecule has 0 atom stereocenters. The lowest BCUT2D eigenvalue weighted by molar-refractivity contribution is -0.274. The van der Waals surface area contributed by atoms with Crippen LogP contribution in [0.15, 0.2) is 18.2 Å².